The summed E-state index contributed by atoms with van der Waals surface area (Å²) < 4.78 is 5.77. The van der Waals surface area contributed by atoms with Gasteiger partial charge in [0.05, 0.1) is 12.5 Å². The van der Waals surface area contributed by atoms with E-state index in [4.69, 9.17) is 4.74 Å². The van der Waals surface area contributed by atoms with Crippen LogP contribution in [0, 0.1) is 20.8 Å². The summed E-state index contributed by atoms with van der Waals surface area (Å²) in [4.78, 5) is 11.6. The van der Waals surface area contributed by atoms with Crippen LogP contribution in [0.1, 0.15) is 34.6 Å². The van der Waals surface area contributed by atoms with E-state index < -0.39 is 11.9 Å². The van der Waals surface area contributed by atoms with Crippen LogP contribution in [0.15, 0.2) is 42.5 Å². The maximum atomic E-state index is 11.6. The minimum Gasteiger partial charge on any atom is -0.493 e. The van der Waals surface area contributed by atoms with Gasteiger partial charge in [0.2, 0.25) is 0 Å². The fourth-order valence-electron chi connectivity index (χ4n) is 2.64. The molecule has 3 nitrogen and oxygen atoms in total. The molecule has 0 fully saturated rings. The average Bonchev–Trinajstić information content (AvgIpc) is 2.46. The Morgan fingerprint density at radius 1 is 1.09 bits per heavy atom. The average molecular weight is 298 g/mol. The van der Waals surface area contributed by atoms with Crippen LogP contribution in [0.25, 0.3) is 0 Å². The molecule has 116 valence electrons. The molecule has 22 heavy (non-hydrogen) atoms. The maximum Gasteiger partial charge on any atom is 0.311 e. The lowest BCUT2D eigenvalue weighted by atomic mass is 9.92. The van der Waals surface area contributed by atoms with E-state index in [0.29, 0.717) is 13.0 Å². The number of hydrogen-bond donors (Lipinski definition) is 1. The largest absolute Gasteiger partial charge is 0.493 e. The van der Waals surface area contributed by atoms with Crippen LogP contribution in [0.4, 0.5) is 0 Å². The Morgan fingerprint density at radius 3 is 2.45 bits per heavy atom. The first-order valence-corrected chi connectivity index (χ1v) is 7.47. The fourth-order valence-corrected chi connectivity index (χ4v) is 2.64. The summed E-state index contributed by atoms with van der Waals surface area (Å²) in [6, 6.07) is 13.6. The number of hydrogen-bond acceptors (Lipinski definition) is 2. The monoisotopic (exact) mass is 298 g/mol. The molecule has 1 atom stereocenters. The van der Waals surface area contributed by atoms with Gasteiger partial charge in [-0.25, -0.2) is 0 Å². The van der Waals surface area contributed by atoms with E-state index in [1.807, 2.05) is 57.2 Å². The normalized spacial score (nSPS) is 12.0. The van der Waals surface area contributed by atoms with Crippen molar-refractivity contribution in [1.82, 2.24) is 0 Å². The minimum absolute atomic E-state index is 0.384. The molecule has 2 aromatic rings. The first-order chi connectivity index (χ1) is 10.5. The third kappa shape index (κ3) is 3.88. The molecule has 0 spiro atoms. The molecule has 0 saturated carbocycles. The number of rotatable bonds is 6. The Morgan fingerprint density at radius 2 is 1.82 bits per heavy atom. The van der Waals surface area contributed by atoms with Gasteiger partial charge in [-0.1, -0.05) is 42.0 Å². The predicted molar refractivity (Wildman–Crippen MR) is 87.6 cm³/mol. The Hall–Kier alpha value is -2.29. The van der Waals surface area contributed by atoms with Crippen molar-refractivity contribution in [1.29, 1.82) is 0 Å². The highest BCUT2D eigenvalue weighted by Gasteiger charge is 2.21. The Labute approximate surface area is 131 Å². The number of ether oxygens (including phenoxy) is 1. The van der Waals surface area contributed by atoms with Crippen molar-refractivity contribution >= 4 is 5.97 Å². The minimum atomic E-state index is -0.807. The second-order valence-electron chi connectivity index (χ2n) is 5.65. The SMILES string of the molecule is Cc1ccc(OCCC(C(=O)O)c2ccccc2C)c(C)c1. The van der Waals surface area contributed by atoms with E-state index in [1.54, 1.807) is 0 Å². The third-order valence-electron chi connectivity index (χ3n) is 3.86. The number of aryl methyl sites for hydroxylation is 3. The van der Waals surface area contributed by atoms with Crippen molar-refractivity contribution in [3.8, 4) is 5.75 Å². The molecule has 0 amide bonds. The van der Waals surface area contributed by atoms with Crippen LogP contribution in [-0.4, -0.2) is 17.7 Å². The summed E-state index contributed by atoms with van der Waals surface area (Å²) in [5, 5.41) is 9.48. The molecule has 0 radical (unpaired) electrons. The highest BCUT2D eigenvalue weighted by molar-refractivity contribution is 5.76. The number of carboxylic acids is 1. The van der Waals surface area contributed by atoms with E-state index in [-0.39, 0.29) is 0 Å². The molecule has 0 aliphatic rings. The first-order valence-electron chi connectivity index (χ1n) is 7.47. The van der Waals surface area contributed by atoms with Crippen LogP contribution in [0.3, 0.4) is 0 Å². The first kappa shape index (κ1) is 16.1. The van der Waals surface area contributed by atoms with Gasteiger partial charge in [-0.2, -0.15) is 0 Å². The van der Waals surface area contributed by atoms with Gasteiger partial charge in [0.1, 0.15) is 5.75 Å². The second-order valence-corrected chi connectivity index (χ2v) is 5.65. The standard InChI is InChI=1S/C19H22O3/c1-13-8-9-18(15(3)12-13)22-11-10-17(19(20)21)16-7-5-4-6-14(16)2/h4-9,12,17H,10-11H2,1-3H3,(H,20,21). The van der Waals surface area contributed by atoms with Gasteiger partial charge in [0.25, 0.3) is 0 Å². The lowest BCUT2D eigenvalue weighted by molar-refractivity contribution is -0.139. The summed E-state index contributed by atoms with van der Waals surface area (Å²) in [5.74, 6) is -0.523. The third-order valence-corrected chi connectivity index (χ3v) is 3.86. The van der Waals surface area contributed by atoms with Crippen LogP contribution in [0.2, 0.25) is 0 Å². The summed E-state index contributed by atoms with van der Waals surface area (Å²) >= 11 is 0. The zero-order valence-corrected chi connectivity index (χ0v) is 13.3. The van der Waals surface area contributed by atoms with Crippen molar-refractivity contribution < 1.29 is 14.6 Å². The van der Waals surface area contributed by atoms with E-state index in [2.05, 4.69) is 6.07 Å². The van der Waals surface area contributed by atoms with Gasteiger partial charge in [-0.3, -0.25) is 4.79 Å². The van der Waals surface area contributed by atoms with Gasteiger partial charge in [-0.05, 0) is 49.9 Å². The predicted octanol–water partition coefficient (Wildman–Crippen LogP) is 4.25. The van der Waals surface area contributed by atoms with Crippen LogP contribution < -0.4 is 4.74 Å². The van der Waals surface area contributed by atoms with Crippen LogP contribution in [-0.2, 0) is 4.79 Å². The molecule has 2 aromatic carbocycles. The van der Waals surface area contributed by atoms with Crippen molar-refractivity contribution in [2.75, 3.05) is 6.61 Å². The van der Waals surface area contributed by atoms with E-state index in [0.717, 1.165) is 22.4 Å². The Kier molecular flexibility index (Phi) is 5.21. The van der Waals surface area contributed by atoms with Gasteiger partial charge in [0, 0.05) is 0 Å². The Balaban J connectivity index is 2.04. The van der Waals surface area contributed by atoms with Crippen LogP contribution >= 0.6 is 0 Å². The van der Waals surface area contributed by atoms with Crippen LogP contribution in [0.5, 0.6) is 5.75 Å². The van der Waals surface area contributed by atoms with Gasteiger partial charge < -0.3 is 9.84 Å². The van der Waals surface area contributed by atoms with Gasteiger partial charge >= 0.3 is 5.97 Å². The quantitative estimate of drug-likeness (QED) is 0.867. The van der Waals surface area contributed by atoms with Crippen molar-refractivity contribution in [3.63, 3.8) is 0 Å². The van der Waals surface area contributed by atoms with Gasteiger partial charge in [-0.15, -0.1) is 0 Å². The van der Waals surface area contributed by atoms with Gasteiger partial charge in [0.15, 0.2) is 0 Å². The highest BCUT2D eigenvalue weighted by atomic mass is 16.5. The summed E-state index contributed by atoms with van der Waals surface area (Å²) in [7, 11) is 0. The van der Waals surface area contributed by atoms with Crippen molar-refractivity contribution in [2.24, 2.45) is 0 Å². The molecule has 0 aliphatic carbocycles. The molecule has 1 unspecified atom stereocenters. The lowest BCUT2D eigenvalue weighted by Crippen LogP contribution is -2.16. The highest BCUT2D eigenvalue weighted by Crippen LogP contribution is 2.25. The molecule has 0 aliphatic heterocycles. The van der Waals surface area contributed by atoms with Crippen molar-refractivity contribution in [2.45, 2.75) is 33.1 Å². The number of carboxylic acid groups (broad SMARTS) is 1. The second kappa shape index (κ2) is 7.12. The lowest BCUT2D eigenvalue weighted by Gasteiger charge is -2.16. The molecule has 0 bridgehead atoms. The summed E-state index contributed by atoms with van der Waals surface area (Å²) in [6.45, 7) is 6.36. The molecule has 0 saturated heterocycles. The van der Waals surface area contributed by atoms with E-state index >= 15 is 0 Å². The number of benzene rings is 2. The molecule has 2 rings (SSSR count). The topological polar surface area (TPSA) is 46.5 Å². The molecule has 1 N–H and O–H groups in total. The fraction of sp³-hybridized carbons (Fsp3) is 0.316. The molecule has 0 aromatic heterocycles. The smallest absolute Gasteiger partial charge is 0.311 e. The molecular weight excluding hydrogens is 276 g/mol. The number of aliphatic carboxylic acids is 1. The zero-order valence-electron chi connectivity index (χ0n) is 13.3. The summed E-state index contributed by atoms with van der Waals surface area (Å²) in [6.07, 6.45) is 0.452. The summed E-state index contributed by atoms with van der Waals surface area (Å²) in [5.41, 5.74) is 4.12. The number of carbonyl (C=O) groups is 1. The zero-order chi connectivity index (χ0) is 16.1. The molecule has 3 heteroatoms. The maximum absolute atomic E-state index is 11.6. The molecule has 0 heterocycles. The molecular formula is C19H22O3. The van der Waals surface area contributed by atoms with Crippen molar-refractivity contribution in [3.05, 3.63) is 64.7 Å². The van der Waals surface area contributed by atoms with E-state index in [1.165, 1.54) is 5.56 Å². The van der Waals surface area contributed by atoms with E-state index in [9.17, 15) is 9.90 Å². The Bertz CT molecular complexity index is 661.